The van der Waals surface area contributed by atoms with Gasteiger partial charge in [0.1, 0.15) is 0 Å². The van der Waals surface area contributed by atoms with Crippen molar-refractivity contribution >= 4 is 5.97 Å². The number of carboxylic acid groups (broad SMARTS) is 1. The molecule has 0 atom stereocenters. The lowest BCUT2D eigenvalue weighted by Gasteiger charge is -2.08. The molecule has 1 rings (SSSR count). The van der Waals surface area contributed by atoms with Crippen LogP contribution in [0.4, 0.5) is 0 Å². The van der Waals surface area contributed by atoms with Gasteiger partial charge in [0.2, 0.25) is 17.2 Å². The van der Waals surface area contributed by atoms with Gasteiger partial charge in [0, 0.05) is 0 Å². The third-order valence-corrected chi connectivity index (χ3v) is 1.58. The van der Waals surface area contributed by atoms with Crippen LogP contribution in [0.5, 0.6) is 28.7 Å². The fraction of sp³-hybridized carbons (Fsp3) is 0. The van der Waals surface area contributed by atoms with Gasteiger partial charge in [0.15, 0.2) is 17.1 Å². The summed E-state index contributed by atoms with van der Waals surface area (Å²) in [5.41, 5.74) is -1.09. The lowest BCUT2D eigenvalue weighted by Crippen LogP contribution is -1.98. The summed E-state index contributed by atoms with van der Waals surface area (Å²) in [6.07, 6.45) is 0. The highest BCUT2D eigenvalue weighted by atomic mass is 16.4. The third-order valence-electron chi connectivity index (χ3n) is 1.58. The zero-order valence-electron chi connectivity index (χ0n) is 6.59. The Morgan fingerprint density at radius 3 is 1.29 bits per heavy atom. The monoisotopic (exact) mass is 202 g/mol. The number of hydrogen-bond acceptors (Lipinski definition) is 6. The molecule has 7 heteroatoms. The van der Waals surface area contributed by atoms with Crippen LogP contribution < -0.4 is 0 Å². The van der Waals surface area contributed by atoms with Crippen LogP contribution in [0, 0.1) is 0 Å². The molecule has 7 nitrogen and oxygen atoms in total. The number of aromatic hydroxyl groups is 5. The van der Waals surface area contributed by atoms with Crippen molar-refractivity contribution < 1.29 is 35.4 Å². The number of phenolic OH excluding ortho intramolecular Hbond substituents is 3. The number of carboxylic acids is 1. The summed E-state index contributed by atoms with van der Waals surface area (Å²) >= 11 is 0. The van der Waals surface area contributed by atoms with Crippen LogP contribution in [0.1, 0.15) is 10.4 Å². The summed E-state index contributed by atoms with van der Waals surface area (Å²) in [4.78, 5) is 10.4. The molecule has 0 amide bonds. The molecule has 0 saturated carbocycles. The molecule has 0 unspecified atom stereocenters. The van der Waals surface area contributed by atoms with E-state index < -0.39 is 40.3 Å². The SMILES string of the molecule is O=C(O)c1c(O)c(O)c(O)c(O)c1O. The molecule has 0 fully saturated rings. The Morgan fingerprint density at radius 1 is 0.714 bits per heavy atom. The molecule has 0 heterocycles. The van der Waals surface area contributed by atoms with Crippen LogP contribution in [0.3, 0.4) is 0 Å². The molecule has 0 bridgehead atoms. The number of hydrogen-bond donors (Lipinski definition) is 6. The predicted molar refractivity (Wildman–Crippen MR) is 41.7 cm³/mol. The topological polar surface area (TPSA) is 138 Å². The molecule has 0 aliphatic carbocycles. The van der Waals surface area contributed by atoms with Crippen molar-refractivity contribution in [2.24, 2.45) is 0 Å². The quantitative estimate of drug-likeness (QED) is 0.276. The van der Waals surface area contributed by atoms with Crippen molar-refractivity contribution in [3.8, 4) is 28.7 Å². The van der Waals surface area contributed by atoms with Gasteiger partial charge in [-0.2, -0.15) is 0 Å². The van der Waals surface area contributed by atoms with Crippen molar-refractivity contribution in [2.45, 2.75) is 0 Å². The van der Waals surface area contributed by atoms with E-state index in [0.29, 0.717) is 0 Å². The molecule has 1 aromatic carbocycles. The minimum Gasteiger partial charge on any atom is -0.503 e. The van der Waals surface area contributed by atoms with Crippen LogP contribution >= 0.6 is 0 Å². The number of rotatable bonds is 1. The third kappa shape index (κ3) is 1.11. The normalized spacial score (nSPS) is 10.0. The first-order valence-corrected chi connectivity index (χ1v) is 3.30. The van der Waals surface area contributed by atoms with E-state index in [9.17, 15) is 4.79 Å². The Kier molecular flexibility index (Phi) is 2.01. The van der Waals surface area contributed by atoms with Gasteiger partial charge in [-0.05, 0) is 0 Å². The summed E-state index contributed by atoms with van der Waals surface area (Å²) < 4.78 is 0. The molecule has 0 saturated heterocycles. The first-order chi connectivity index (χ1) is 6.37. The first-order valence-electron chi connectivity index (χ1n) is 3.30. The van der Waals surface area contributed by atoms with Crippen molar-refractivity contribution in [3.05, 3.63) is 5.56 Å². The molecular weight excluding hydrogens is 196 g/mol. The lowest BCUT2D eigenvalue weighted by molar-refractivity contribution is 0.0688. The van der Waals surface area contributed by atoms with E-state index in [1.807, 2.05) is 0 Å². The Balaban J connectivity index is 3.68. The maximum absolute atomic E-state index is 10.4. The average Bonchev–Trinajstić information content (AvgIpc) is 2.11. The van der Waals surface area contributed by atoms with Crippen molar-refractivity contribution in [2.75, 3.05) is 0 Å². The lowest BCUT2D eigenvalue weighted by atomic mass is 10.1. The zero-order valence-corrected chi connectivity index (χ0v) is 6.59. The van der Waals surface area contributed by atoms with Crippen LogP contribution in [0.15, 0.2) is 0 Å². The van der Waals surface area contributed by atoms with E-state index in [0.717, 1.165) is 0 Å². The van der Waals surface area contributed by atoms with Crippen LogP contribution in [-0.4, -0.2) is 36.6 Å². The van der Waals surface area contributed by atoms with Gasteiger partial charge in [-0.3, -0.25) is 0 Å². The molecule has 0 aliphatic rings. The smallest absolute Gasteiger partial charge is 0.343 e. The van der Waals surface area contributed by atoms with Crippen LogP contribution in [0.2, 0.25) is 0 Å². The highest BCUT2D eigenvalue weighted by Crippen LogP contribution is 2.50. The Bertz CT molecular complexity index is 380. The minimum atomic E-state index is -1.76. The van der Waals surface area contributed by atoms with E-state index >= 15 is 0 Å². The Morgan fingerprint density at radius 2 is 1.00 bits per heavy atom. The second kappa shape index (κ2) is 2.87. The van der Waals surface area contributed by atoms with E-state index in [1.54, 1.807) is 0 Å². The largest absolute Gasteiger partial charge is 0.503 e. The Labute approximate surface area is 76.7 Å². The highest BCUT2D eigenvalue weighted by Gasteiger charge is 2.27. The summed E-state index contributed by atoms with van der Waals surface area (Å²) in [6, 6.07) is 0. The van der Waals surface area contributed by atoms with E-state index in [4.69, 9.17) is 30.6 Å². The molecule has 6 N–H and O–H groups in total. The summed E-state index contributed by atoms with van der Waals surface area (Å²) in [6.45, 7) is 0. The van der Waals surface area contributed by atoms with E-state index in [1.165, 1.54) is 0 Å². The molecule has 1 aromatic rings. The van der Waals surface area contributed by atoms with E-state index in [2.05, 4.69) is 0 Å². The van der Waals surface area contributed by atoms with Crippen molar-refractivity contribution in [3.63, 3.8) is 0 Å². The second-order valence-electron chi connectivity index (χ2n) is 2.42. The fourth-order valence-electron chi connectivity index (χ4n) is 0.888. The standard InChI is InChI=1S/C7H6O7/c8-2-1(7(13)14)3(9)5(11)6(12)4(2)10/h8-12H,(H,13,14). The number of carbonyl (C=O) groups is 1. The van der Waals surface area contributed by atoms with Gasteiger partial charge in [-0.1, -0.05) is 0 Å². The molecule has 0 spiro atoms. The zero-order chi connectivity index (χ0) is 11.0. The molecule has 0 aromatic heterocycles. The molecule has 76 valence electrons. The predicted octanol–water partition coefficient (Wildman–Crippen LogP) is -0.0872. The number of phenols is 5. The van der Waals surface area contributed by atoms with Crippen LogP contribution in [-0.2, 0) is 0 Å². The molecule has 0 radical (unpaired) electrons. The minimum absolute atomic E-state index is 1.09. The molecule has 14 heavy (non-hydrogen) atoms. The maximum Gasteiger partial charge on any atom is 0.343 e. The summed E-state index contributed by atoms with van der Waals surface area (Å²) in [7, 11) is 0. The maximum atomic E-state index is 10.4. The van der Waals surface area contributed by atoms with Crippen LogP contribution in [0.25, 0.3) is 0 Å². The highest BCUT2D eigenvalue weighted by molar-refractivity contribution is 5.97. The van der Waals surface area contributed by atoms with Gasteiger partial charge in [0.25, 0.3) is 0 Å². The van der Waals surface area contributed by atoms with Crippen molar-refractivity contribution in [1.82, 2.24) is 0 Å². The van der Waals surface area contributed by atoms with Gasteiger partial charge in [-0.15, -0.1) is 0 Å². The second-order valence-corrected chi connectivity index (χ2v) is 2.42. The summed E-state index contributed by atoms with van der Waals surface area (Å²) in [5.74, 6) is -7.80. The number of aromatic carboxylic acids is 1. The average molecular weight is 202 g/mol. The first kappa shape index (κ1) is 9.78. The van der Waals surface area contributed by atoms with Crippen molar-refractivity contribution in [1.29, 1.82) is 0 Å². The molecular formula is C7H6O7. The van der Waals surface area contributed by atoms with Gasteiger partial charge in [-0.25, -0.2) is 4.79 Å². The Hall–Kier alpha value is -2.31. The van der Waals surface area contributed by atoms with Gasteiger partial charge in [0.05, 0.1) is 0 Å². The van der Waals surface area contributed by atoms with Gasteiger partial charge < -0.3 is 30.6 Å². The van der Waals surface area contributed by atoms with Gasteiger partial charge >= 0.3 is 5.97 Å². The summed E-state index contributed by atoms with van der Waals surface area (Å²) in [5, 5.41) is 53.1. The number of benzene rings is 1. The van der Waals surface area contributed by atoms with E-state index in [-0.39, 0.29) is 0 Å². The fourth-order valence-corrected chi connectivity index (χ4v) is 0.888. The molecule has 0 aliphatic heterocycles.